The zero-order valence-electron chi connectivity index (χ0n) is 23.1. The Hall–Kier alpha value is -3.81. The summed E-state index contributed by atoms with van der Waals surface area (Å²) in [6, 6.07) is 15.7. The number of rotatable bonds is 11. The van der Waals surface area contributed by atoms with E-state index in [1.54, 1.807) is 35.2 Å². The van der Waals surface area contributed by atoms with Gasteiger partial charge >= 0.3 is 0 Å². The first kappa shape index (κ1) is 28.2. The van der Waals surface area contributed by atoms with Gasteiger partial charge in [-0.25, -0.2) is 4.39 Å². The van der Waals surface area contributed by atoms with Crippen LogP contribution in [0.5, 0.6) is 11.5 Å². The molecule has 0 radical (unpaired) electrons. The van der Waals surface area contributed by atoms with E-state index in [0.29, 0.717) is 36.7 Å². The SMILES string of the molecule is CCN(CC(=O)N(Cc1cccn1Cc1ccc(F)cc1)C1CCCCC1)C(=O)c1cc(OC)cc(OC)c1. The number of benzene rings is 2. The molecule has 0 aliphatic heterocycles. The topological polar surface area (TPSA) is 64.0 Å². The molecule has 2 amide bonds. The zero-order chi connectivity index (χ0) is 27.8. The number of halogens is 1. The third-order valence-corrected chi connectivity index (χ3v) is 7.45. The summed E-state index contributed by atoms with van der Waals surface area (Å²) in [5.74, 6) is 0.465. The Morgan fingerprint density at radius 3 is 2.26 bits per heavy atom. The molecule has 8 heteroatoms. The van der Waals surface area contributed by atoms with Crippen LogP contribution in [0, 0.1) is 5.82 Å². The fourth-order valence-electron chi connectivity index (χ4n) is 5.22. The van der Waals surface area contributed by atoms with Crippen molar-refractivity contribution in [3.05, 3.63) is 83.4 Å². The molecule has 0 saturated heterocycles. The lowest BCUT2D eigenvalue weighted by atomic mass is 9.94. The summed E-state index contributed by atoms with van der Waals surface area (Å²) >= 11 is 0. The average molecular weight is 536 g/mol. The lowest BCUT2D eigenvalue weighted by molar-refractivity contribution is -0.135. The summed E-state index contributed by atoms with van der Waals surface area (Å²) in [5.41, 5.74) is 2.41. The van der Waals surface area contributed by atoms with E-state index in [9.17, 15) is 14.0 Å². The quantitative estimate of drug-likeness (QED) is 0.325. The maximum atomic E-state index is 13.9. The van der Waals surface area contributed by atoms with Gasteiger partial charge in [0.05, 0.1) is 20.8 Å². The number of aromatic nitrogens is 1. The number of methoxy groups -OCH3 is 2. The van der Waals surface area contributed by atoms with Gasteiger partial charge in [0.15, 0.2) is 0 Å². The number of nitrogens with zero attached hydrogens (tertiary/aromatic N) is 3. The molecule has 39 heavy (non-hydrogen) atoms. The van der Waals surface area contributed by atoms with Crippen LogP contribution in [0.3, 0.4) is 0 Å². The summed E-state index contributed by atoms with van der Waals surface area (Å²) in [6.45, 7) is 3.30. The Morgan fingerprint density at radius 1 is 0.974 bits per heavy atom. The maximum absolute atomic E-state index is 13.9. The summed E-state index contributed by atoms with van der Waals surface area (Å²) in [7, 11) is 3.08. The van der Waals surface area contributed by atoms with Crippen molar-refractivity contribution in [2.45, 2.75) is 58.2 Å². The number of hydrogen-bond donors (Lipinski definition) is 0. The largest absolute Gasteiger partial charge is 0.497 e. The molecular formula is C31H38FN3O4. The second-order valence-corrected chi connectivity index (χ2v) is 9.99. The van der Waals surface area contributed by atoms with Crippen molar-refractivity contribution >= 4 is 11.8 Å². The number of carbonyl (C=O) groups excluding carboxylic acids is 2. The molecule has 1 aliphatic rings. The van der Waals surface area contributed by atoms with Crippen LogP contribution in [0.1, 0.15) is 60.6 Å². The average Bonchev–Trinajstić information content (AvgIpc) is 3.41. The van der Waals surface area contributed by atoms with Gasteiger partial charge in [-0.15, -0.1) is 0 Å². The van der Waals surface area contributed by atoms with E-state index in [1.165, 1.54) is 32.8 Å². The van der Waals surface area contributed by atoms with Crippen molar-refractivity contribution < 1.29 is 23.5 Å². The molecule has 2 aromatic carbocycles. The molecule has 1 heterocycles. The molecular weight excluding hydrogens is 497 g/mol. The lowest BCUT2D eigenvalue weighted by Gasteiger charge is -2.36. The molecule has 4 rings (SSSR count). The third kappa shape index (κ3) is 7.19. The van der Waals surface area contributed by atoms with Crippen LogP contribution in [-0.2, 0) is 17.9 Å². The second kappa shape index (κ2) is 13.3. The highest BCUT2D eigenvalue weighted by molar-refractivity contribution is 5.97. The molecule has 3 aromatic rings. The highest BCUT2D eigenvalue weighted by atomic mass is 19.1. The fourth-order valence-corrected chi connectivity index (χ4v) is 5.22. The van der Waals surface area contributed by atoms with Gasteiger partial charge in [-0.1, -0.05) is 31.4 Å². The molecule has 208 valence electrons. The standard InChI is InChI=1S/C31H38FN3O4/c1-4-33(31(37)24-17-28(38-2)19-29(18-24)39-3)22-30(36)35(26-9-6-5-7-10-26)21-27-11-8-16-34(27)20-23-12-14-25(32)15-13-23/h8,11-19,26H,4-7,9-10,20-22H2,1-3H3. The minimum atomic E-state index is -0.261. The van der Waals surface area contributed by atoms with Gasteiger partial charge in [0.25, 0.3) is 5.91 Å². The van der Waals surface area contributed by atoms with Gasteiger partial charge < -0.3 is 23.8 Å². The molecule has 7 nitrogen and oxygen atoms in total. The van der Waals surface area contributed by atoms with E-state index in [2.05, 4.69) is 4.57 Å². The van der Waals surface area contributed by atoms with Crippen LogP contribution in [0.2, 0.25) is 0 Å². The van der Waals surface area contributed by atoms with Crippen LogP contribution in [0.15, 0.2) is 60.8 Å². The summed E-state index contributed by atoms with van der Waals surface area (Å²) in [6.07, 6.45) is 7.25. The van der Waals surface area contributed by atoms with Crippen molar-refractivity contribution in [1.82, 2.24) is 14.4 Å². The molecule has 1 saturated carbocycles. The zero-order valence-corrected chi connectivity index (χ0v) is 23.1. The number of hydrogen-bond acceptors (Lipinski definition) is 4. The monoisotopic (exact) mass is 535 g/mol. The fraction of sp³-hybridized carbons (Fsp3) is 0.419. The van der Waals surface area contributed by atoms with E-state index in [1.807, 2.05) is 30.2 Å². The lowest BCUT2D eigenvalue weighted by Crippen LogP contribution is -2.47. The van der Waals surface area contributed by atoms with Crippen LogP contribution < -0.4 is 9.47 Å². The maximum Gasteiger partial charge on any atom is 0.254 e. The van der Waals surface area contributed by atoms with Crippen LogP contribution >= 0.6 is 0 Å². The minimum Gasteiger partial charge on any atom is -0.497 e. The van der Waals surface area contributed by atoms with Crippen LogP contribution in [0.25, 0.3) is 0 Å². The van der Waals surface area contributed by atoms with Crippen molar-refractivity contribution in [3.63, 3.8) is 0 Å². The van der Waals surface area contributed by atoms with Gasteiger partial charge in [-0.3, -0.25) is 9.59 Å². The predicted molar refractivity (Wildman–Crippen MR) is 148 cm³/mol. The first-order valence-corrected chi connectivity index (χ1v) is 13.6. The molecule has 1 aromatic heterocycles. The number of amides is 2. The number of ether oxygens (including phenoxy) is 2. The highest BCUT2D eigenvalue weighted by Gasteiger charge is 2.29. The van der Waals surface area contributed by atoms with Gasteiger partial charge in [-0.05, 0) is 61.7 Å². The van der Waals surface area contributed by atoms with Crippen molar-refractivity contribution in [1.29, 1.82) is 0 Å². The Kier molecular flexibility index (Phi) is 9.63. The van der Waals surface area contributed by atoms with Crippen molar-refractivity contribution in [2.75, 3.05) is 27.3 Å². The van der Waals surface area contributed by atoms with Gasteiger partial charge in [-0.2, -0.15) is 0 Å². The van der Waals surface area contributed by atoms with E-state index in [-0.39, 0.29) is 30.2 Å². The van der Waals surface area contributed by atoms with Crippen molar-refractivity contribution in [3.8, 4) is 11.5 Å². The third-order valence-electron chi connectivity index (χ3n) is 7.45. The summed E-state index contributed by atoms with van der Waals surface area (Å²) < 4.78 is 26.2. The van der Waals surface area contributed by atoms with E-state index in [0.717, 1.165) is 36.9 Å². The van der Waals surface area contributed by atoms with Crippen LogP contribution in [0.4, 0.5) is 4.39 Å². The first-order valence-electron chi connectivity index (χ1n) is 13.6. The Labute approximate surface area is 230 Å². The van der Waals surface area contributed by atoms with Crippen LogP contribution in [-0.4, -0.2) is 59.5 Å². The molecule has 1 fully saturated rings. The van der Waals surface area contributed by atoms with E-state index < -0.39 is 0 Å². The molecule has 0 bridgehead atoms. The van der Waals surface area contributed by atoms with Gasteiger partial charge in [0.1, 0.15) is 23.9 Å². The number of carbonyl (C=O) groups is 2. The normalized spacial score (nSPS) is 13.6. The molecule has 1 aliphatic carbocycles. The molecule has 0 atom stereocenters. The molecule has 0 spiro atoms. The predicted octanol–water partition coefficient (Wildman–Crippen LogP) is 5.52. The smallest absolute Gasteiger partial charge is 0.254 e. The molecule has 0 unspecified atom stereocenters. The first-order chi connectivity index (χ1) is 18.9. The van der Waals surface area contributed by atoms with E-state index in [4.69, 9.17) is 9.47 Å². The summed E-state index contributed by atoms with van der Waals surface area (Å²) in [4.78, 5) is 30.8. The number of likely N-dealkylation sites (N-methyl/N-ethyl adjacent to an activating group) is 1. The minimum absolute atomic E-state index is 0.00989. The molecule has 0 N–H and O–H groups in total. The van der Waals surface area contributed by atoms with Crippen molar-refractivity contribution in [2.24, 2.45) is 0 Å². The highest BCUT2D eigenvalue weighted by Crippen LogP contribution is 2.26. The van der Waals surface area contributed by atoms with Gasteiger partial charge in [0.2, 0.25) is 5.91 Å². The summed E-state index contributed by atoms with van der Waals surface area (Å²) in [5, 5.41) is 0. The Balaban J connectivity index is 1.54. The Bertz CT molecular complexity index is 1230. The van der Waals surface area contributed by atoms with Gasteiger partial charge in [0, 0.05) is 42.7 Å². The second-order valence-electron chi connectivity index (χ2n) is 9.99. The van der Waals surface area contributed by atoms with E-state index >= 15 is 0 Å². The Morgan fingerprint density at radius 2 is 1.64 bits per heavy atom.